The van der Waals surface area contributed by atoms with E-state index in [2.05, 4.69) is 37.4 Å². The zero-order valence-corrected chi connectivity index (χ0v) is 16.4. The van der Waals surface area contributed by atoms with Crippen molar-refractivity contribution in [3.8, 4) is 0 Å². The topological polar surface area (TPSA) is 49.4 Å². The van der Waals surface area contributed by atoms with Gasteiger partial charge in [0, 0.05) is 26.6 Å². The van der Waals surface area contributed by atoms with E-state index in [1.165, 1.54) is 11.1 Å². The molecule has 0 radical (unpaired) electrons. The molecule has 1 heterocycles. The van der Waals surface area contributed by atoms with Crippen LogP contribution >= 0.6 is 0 Å². The predicted molar refractivity (Wildman–Crippen MR) is 107 cm³/mol. The van der Waals surface area contributed by atoms with Crippen molar-refractivity contribution in [2.75, 3.05) is 13.1 Å². The Labute approximate surface area is 161 Å². The predicted octanol–water partition coefficient (Wildman–Crippen LogP) is 3.50. The zero-order valence-electron chi connectivity index (χ0n) is 16.4. The number of nitrogens with one attached hydrogen (secondary N) is 1. The quantitative estimate of drug-likeness (QED) is 0.903. The zero-order chi connectivity index (χ0) is 19.4. The van der Waals surface area contributed by atoms with Gasteiger partial charge in [-0.2, -0.15) is 0 Å². The van der Waals surface area contributed by atoms with Crippen molar-refractivity contribution < 1.29 is 9.59 Å². The molecule has 142 valence electrons. The molecule has 0 aliphatic carbocycles. The molecule has 1 N–H and O–H groups in total. The van der Waals surface area contributed by atoms with E-state index in [1.807, 2.05) is 35.2 Å². The monoisotopic (exact) mass is 364 g/mol. The van der Waals surface area contributed by atoms with Gasteiger partial charge in [-0.05, 0) is 43.4 Å². The van der Waals surface area contributed by atoms with Crippen LogP contribution in [0, 0.1) is 13.8 Å². The molecule has 0 spiro atoms. The lowest BCUT2D eigenvalue weighted by molar-refractivity contribution is -0.135. The van der Waals surface area contributed by atoms with Gasteiger partial charge in [-0.25, -0.2) is 0 Å². The van der Waals surface area contributed by atoms with Crippen molar-refractivity contribution in [1.29, 1.82) is 0 Å². The van der Waals surface area contributed by atoms with E-state index in [4.69, 9.17) is 0 Å². The summed E-state index contributed by atoms with van der Waals surface area (Å²) in [6, 6.07) is 16.3. The van der Waals surface area contributed by atoms with Crippen LogP contribution in [0.25, 0.3) is 0 Å². The van der Waals surface area contributed by atoms with Crippen LogP contribution in [0.5, 0.6) is 0 Å². The number of piperidine rings is 1. The van der Waals surface area contributed by atoms with Crippen LogP contribution in [0.4, 0.5) is 0 Å². The molecular weight excluding hydrogens is 336 g/mol. The van der Waals surface area contributed by atoms with Crippen LogP contribution in [0.3, 0.4) is 0 Å². The molecule has 27 heavy (non-hydrogen) atoms. The summed E-state index contributed by atoms with van der Waals surface area (Å²) < 4.78 is 0. The first-order valence-corrected chi connectivity index (χ1v) is 9.58. The third-order valence-electron chi connectivity index (χ3n) is 5.76. The van der Waals surface area contributed by atoms with Crippen LogP contribution < -0.4 is 5.32 Å². The van der Waals surface area contributed by atoms with Crippen LogP contribution in [-0.2, 0) is 21.5 Å². The van der Waals surface area contributed by atoms with Gasteiger partial charge in [0.25, 0.3) is 0 Å². The maximum Gasteiger partial charge on any atom is 0.231 e. The van der Waals surface area contributed by atoms with Gasteiger partial charge in [0.1, 0.15) is 0 Å². The number of likely N-dealkylation sites (tertiary alicyclic amines) is 1. The van der Waals surface area contributed by atoms with Gasteiger partial charge in [-0.15, -0.1) is 0 Å². The lowest BCUT2D eigenvalue weighted by Crippen LogP contribution is -2.52. The number of carbonyl (C=O) groups is 2. The Kier molecular flexibility index (Phi) is 5.64. The minimum atomic E-state index is -0.578. The Morgan fingerprint density at radius 2 is 1.70 bits per heavy atom. The standard InChI is InChI=1S/C23H28N2O2/c1-17-9-10-20(18(2)15-17)16-24-22(27)23(21-7-5-4-6-8-21)11-13-25(14-12-23)19(3)26/h4-10,15H,11-14,16H2,1-3H3,(H,24,27). The van der Waals surface area contributed by atoms with Crippen LogP contribution in [0.15, 0.2) is 48.5 Å². The van der Waals surface area contributed by atoms with Crippen LogP contribution in [-0.4, -0.2) is 29.8 Å². The lowest BCUT2D eigenvalue weighted by Gasteiger charge is -2.40. The fraction of sp³-hybridized carbons (Fsp3) is 0.391. The van der Waals surface area contributed by atoms with E-state index in [0.29, 0.717) is 32.5 Å². The largest absolute Gasteiger partial charge is 0.351 e. The van der Waals surface area contributed by atoms with E-state index in [9.17, 15) is 9.59 Å². The summed E-state index contributed by atoms with van der Waals surface area (Å²) in [6.45, 7) is 7.49. The highest BCUT2D eigenvalue weighted by atomic mass is 16.2. The average molecular weight is 364 g/mol. The molecule has 1 saturated heterocycles. The molecule has 0 unspecified atom stereocenters. The highest BCUT2D eigenvalue weighted by Gasteiger charge is 2.43. The number of hydrogen-bond donors (Lipinski definition) is 1. The van der Waals surface area contributed by atoms with Crippen LogP contribution in [0.1, 0.15) is 42.0 Å². The summed E-state index contributed by atoms with van der Waals surface area (Å²) in [4.78, 5) is 26.9. The molecule has 2 aromatic carbocycles. The van der Waals surface area contributed by atoms with Gasteiger partial charge >= 0.3 is 0 Å². The third-order valence-corrected chi connectivity index (χ3v) is 5.76. The summed E-state index contributed by atoms with van der Waals surface area (Å²) >= 11 is 0. The van der Waals surface area contributed by atoms with Crippen molar-refractivity contribution in [3.63, 3.8) is 0 Å². The minimum absolute atomic E-state index is 0.0527. The molecule has 3 rings (SSSR count). The van der Waals surface area contributed by atoms with E-state index in [1.54, 1.807) is 6.92 Å². The molecule has 4 nitrogen and oxygen atoms in total. The van der Waals surface area contributed by atoms with Gasteiger partial charge in [0.2, 0.25) is 11.8 Å². The molecule has 0 bridgehead atoms. The number of aryl methyl sites for hydroxylation is 2. The van der Waals surface area contributed by atoms with Gasteiger partial charge in [-0.1, -0.05) is 54.1 Å². The number of rotatable bonds is 4. The van der Waals surface area contributed by atoms with E-state index in [0.717, 1.165) is 11.1 Å². The number of benzene rings is 2. The highest BCUT2D eigenvalue weighted by molar-refractivity contribution is 5.88. The Hall–Kier alpha value is -2.62. The molecule has 4 heteroatoms. The third kappa shape index (κ3) is 4.05. The summed E-state index contributed by atoms with van der Waals surface area (Å²) in [7, 11) is 0. The molecular formula is C23H28N2O2. The Morgan fingerprint density at radius 3 is 2.30 bits per heavy atom. The van der Waals surface area contributed by atoms with Gasteiger partial charge < -0.3 is 10.2 Å². The average Bonchev–Trinajstić information content (AvgIpc) is 2.67. The molecule has 1 fully saturated rings. The van der Waals surface area contributed by atoms with E-state index >= 15 is 0 Å². The second kappa shape index (κ2) is 7.95. The van der Waals surface area contributed by atoms with E-state index < -0.39 is 5.41 Å². The summed E-state index contributed by atoms with van der Waals surface area (Å²) in [5.74, 6) is 0.129. The SMILES string of the molecule is CC(=O)N1CCC(C(=O)NCc2ccc(C)cc2C)(c2ccccc2)CC1. The van der Waals surface area contributed by atoms with Crippen molar-refractivity contribution in [1.82, 2.24) is 10.2 Å². The molecule has 1 aliphatic heterocycles. The van der Waals surface area contributed by atoms with Crippen molar-refractivity contribution in [3.05, 3.63) is 70.8 Å². The maximum absolute atomic E-state index is 13.3. The molecule has 2 aromatic rings. The number of carbonyl (C=O) groups excluding carboxylic acids is 2. The molecule has 1 aliphatic rings. The normalized spacial score (nSPS) is 16.0. The van der Waals surface area contributed by atoms with Crippen LogP contribution in [0.2, 0.25) is 0 Å². The maximum atomic E-state index is 13.3. The second-order valence-corrected chi connectivity index (χ2v) is 7.57. The minimum Gasteiger partial charge on any atom is -0.351 e. The summed E-state index contributed by atoms with van der Waals surface area (Å²) in [5.41, 5.74) is 4.01. The second-order valence-electron chi connectivity index (χ2n) is 7.57. The lowest BCUT2D eigenvalue weighted by atomic mass is 9.72. The highest BCUT2D eigenvalue weighted by Crippen LogP contribution is 2.36. The number of amides is 2. The van der Waals surface area contributed by atoms with Crippen molar-refractivity contribution in [2.45, 2.75) is 45.6 Å². The Morgan fingerprint density at radius 1 is 1.04 bits per heavy atom. The first-order valence-electron chi connectivity index (χ1n) is 9.58. The van der Waals surface area contributed by atoms with Crippen molar-refractivity contribution in [2.24, 2.45) is 0 Å². The number of hydrogen-bond acceptors (Lipinski definition) is 2. The molecule has 0 aromatic heterocycles. The fourth-order valence-corrected chi connectivity index (χ4v) is 4.00. The Bertz CT molecular complexity index is 822. The number of nitrogens with zero attached hydrogens (tertiary/aromatic N) is 1. The van der Waals surface area contributed by atoms with Gasteiger partial charge in [0.15, 0.2) is 0 Å². The van der Waals surface area contributed by atoms with E-state index in [-0.39, 0.29) is 11.8 Å². The smallest absolute Gasteiger partial charge is 0.231 e. The first kappa shape index (κ1) is 19.2. The Balaban J connectivity index is 1.81. The molecule has 0 atom stereocenters. The van der Waals surface area contributed by atoms with Crippen molar-refractivity contribution >= 4 is 11.8 Å². The summed E-state index contributed by atoms with van der Waals surface area (Å²) in [6.07, 6.45) is 1.30. The molecule has 0 saturated carbocycles. The van der Waals surface area contributed by atoms with Gasteiger partial charge in [0.05, 0.1) is 5.41 Å². The summed E-state index contributed by atoms with van der Waals surface area (Å²) in [5, 5.41) is 3.17. The molecule has 2 amide bonds. The first-order chi connectivity index (χ1) is 12.9. The fourth-order valence-electron chi connectivity index (χ4n) is 4.00. The van der Waals surface area contributed by atoms with Gasteiger partial charge in [-0.3, -0.25) is 9.59 Å².